The van der Waals surface area contributed by atoms with Crippen LogP contribution in [0.25, 0.3) is 16.2 Å². The molecule has 5 heterocycles. The average Bonchev–Trinajstić information content (AvgIpc) is 3.72. The number of nitrogens with zero attached hydrogens (tertiary/aromatic N) is 8. The van der Waals surface area contributed by atoms with Gasteiger partial charge >= 0.3 is 0 Å². The third-order valence-corrected chi connectivity index (χ3v) is 9.23. The second kappa shape index (κ2) is 10.7. The lowest BCUT2D eigenvalue weighted by atomic mass is 10.1. The Balaban J connectivity index is 1.21. The first-order chi connectivity index (χ1) is 19.3. The molecule has 14 heteroatoms. The molecule has 4 aromatic rings. The van der Waals surface area contributed by atoms with Crippen molar-refractivity contribution in [3.8, 4) is 17.3 Å². The van der Waals surface area contributed by atoms with Crippen LogP contribution in [0.4, 0.5) is 20.5 Å². The Labute approximate surface area is 238 Å². The third kappa shape index (κ3) is 4.90. The molecule has 1 atom stereocenters. The van der Waals surface area contributed by atoms with Crippen molar-refractivity contribution in [2.24, 2.45) is 0 Å². The van der Waals surface area contributed by atoms with Crippen molar-refractivity contribution in [1.29, 1.82) is 5.26 Å². The quantitative estimate of drug-likeness (QED) is 0.323. The molecule has 0 spiro atoms. The zero-order valence-electron chi connectivity index (χ0n) is 22.0. The number of nitrogens with one attached hydrogen (secondary N) is 1. The van der Waals surface area contributed by atoms with Crippen LogP contribution in [0.15, 0.2) is 24.3 Å². The summed E-state index contributed by atoms with van der Waals surface area (Å²) in [5.41, 5.74) is 2.08. The number of likely N-dealkylation sites (tertiary alicyclic amines) is 1. The van der Waals surface area contributed by atoms with Crippen LogP contribution in [0.2, 0.25) is 0 Å². The number of carbonyl (C=O) groups excluding carboxylic acids is 1. The number of aryl methyl sites for hydroxylation is 1. The Morgan fingerprint density at radius 3 is 2.73 bits per heavy atom. The zero-order chi connectivity index (χ0) is 28.0. The number of rotatable bonds is 8. The minimum atomic E-state index is -0.396. The molecule has 2 aliphatic rings. The summed E-state index contributed by atoms with van der Waals surface area (Å²) in [5, 5.41) is 28.9. The number of thiazole rings is 1. The summed E-state index contributed by atoms with van der Waals surface area (Å²) < 4.78 is 15.3. The number of aliphatic hydroxyl groups excluding tert-OH is 1. The maximum atomic E-state index is 13.5. The molecule has 0 radical (unpaired) electrons. The Bertz CT molecular complexity index is 1590. The molecule has 0 saturated carbocycles. The van der Waals surface area contributed by atoms with Gasteiger partial charge in [-0.05, 0) is 37.1 Å². The van der Waals surface area contributed by atoms with Crippen molar-refractivity contribution in [2.75, 3.05) is 49.6 Å². The molecule has 6 rings (SSSR count). The van der Waals surface area contributed by atoms with Crippen LogP contribution in [0.5, 0.6) is 0 Å². The number of halogens is 1. The molecular formula is C26H28FN9O2S2. The summed E-state index contributed by atoms with van der Waals surface area (Å²) in [4.78, 5) is 28.8. The number of amides is 1. The molecule has 11 nitrogen and oxygen atoms in total. The normalized spacial score (nSPS) is 17.4. The van der Waals surface area contributed by atoms with Gasteiger partial charge in [0.15, 0.2) is 10.9 Å². The van der Waals surface area contributed by atoms with Gasteiger partial charge in [-0.2, -0.15) is 9.78 Å². The number of carbonyl (C=O) groups is 1. The van der Waals surface area contributed by atoms with Gasteiger partial charge in [-0.3, -0.25) is 4.79 Å². The van der Waals surface area contributed by atoms with Gasteiger partial charge in [0.25, 0.3) is 0 Å². The van der Waals surface area contributed by atoms with Crippen molar-refractivity contribution in [3.63, 3.8) is 0 Å². The highest BCUT2D eigenvalue weighted by atomic mass is 32.1. The molecule has 2 saturated heterocycles. The molecule has 208 valence electrons. The summed E-state index contributed by atoms with van der Waals surface area (Å²) in [6, 6.07) is 8.37. The Morgan fingerprint density at radius 2 is 2.02 bits per heavy atom. The Hall–Kier alpha value is -3.64. The van der Waals surface area contributed by atoms with Crippen LogP contribution in [0.3, 0.4) is 0 Å². The average molecular weight is 582 g/mol. The summed E-state index contributed by atoms with van der Waals surface area (Å²) in [5.74, 6) is 0.463. The van der Waals surface area contributed by atoms with Gasteiger partial charge in [0.2, 0.25) is 16.0 Å². The van der Waals surface area contributed by atoms with Crippen LogP contribution in [0.1, 0.15) is 23.9 Å². The number of nitriles is 1. The van der Waals surface area contributed by atoms with Crippen LogP contribution in [-0.4, -0.2) is 87.4 Å². The molecule has 0 bridgehead atoms. The third-order valence-electron chi connectivity index (χ3n) is 7.23. The van der Waals surface area contributed by atoms with E-state index in [1.165, 1.54) is 34.8 Å². The maximum Gasteiger partial charge on any atom is 0.236 e. The van der Waals surface area contributed by atoms with Crippen LogP contribution in [-0.2, 0) is 11.2 Å². The van der Waals surface area contributed by atoms with E-state index in [0.717, 1.165) is 41.1 Å². The Kier molecular flexibility index (Phi) is 7.13. The van der Waals surface area contributed by atoms with Crippen LogP contribution < -0.4 is 15.1 Å². The van der Waals surface area contributed by atoms with E-state index in [9.17, 15) is 19.6 Å². The van der Waals surface area contributed by atoms with Crippen molar-refractivity contribution < 1.29 is 14.3 Å². The fourth-order valence-corrected chi connectivity index (χ4v) is 6.79. The van der Waals surface area contributed by atoms with Crippen molar-refractivity contribution in [1.82, 2.24) is 29.8 Å². The SMILES string of the molecule is CCc1nc2sc(N3CCC(NCC(=O)N4CC(O)C4)C3)nn2c1N(C)c1nc(-c2ccc(F)cc2)c(C#N)s1. The van der Waals surface area contributed by atoms with Gasteiger partial charge in [-0.1, -0.05) is 29.6 Å². The van der Waals surface area contributed by atoms with Crippen molar-refractivity contribution >= 4 is 49.6 Å². The van der Waals surface area contributed by atoms with Gasteiger partial charge in [0, 0.05) is 44.8 Å². The second-order valence-electron chi connectivity index (χ2n) is 9.93. The number of fused-ring (bicyclic) bond motifs is 1. The lowest BCUT2D eigenvalue weighted by Gasteiger charge is -2.36. The number of hydrogen-bond donors (Lipinski definition) is 2. The lowest BCUT2D eigenvalue weighted by molar-refractivity contribution is -0.140. The molecular weight excluding hydrogens is 553 g/mol. The number of β-amino-alcohol motifs (C(OH)–C–C–N with tert-alkyl or cyclic N) is 1. The van der Waals surface area contributed by atoms with E-state index in [0.29, 0.717) is 40.8 Å². The van der Waals surface area contributed by atoms with E-state index in [1.807, 2.05) is 23.4 Å². The van der Waals surface area contributed by atoms with Crippen molar-refractivity contribution in [2.45, 2.75) is 31.9 Å². The predicted octanol–water partition coefficient (Wildman–Crippen LogP) is 2.63. The van der Waals surface area contributed by atoms with Gasteiger partial charge in [-0.15, -0.1) is 5.10 Å². The molecule has 1 unspecified atom stereocenters. The molecule has 2 N–H and O–H groups in total. The van der Waals surface area contributed by atoms with E-state index in [-0.39, 0.29) is 24.3 Å². The van der Waals surface area contributed by atoms with E-state index in [2.05, 4.69) is 16.3 Å². The first-order valence-corrected chi connectivity index (χ1v) is 14.7. The predicted molar refractivity (Wildman–Crippen MR) is 152 cm³/mol. The van der Waals surface area contributed by atoms with Crippen LogP contribution >= 0.6 is 22.7 Å². The van der Waals surface area contributed by atoms with Gasteiger partial charge < -0.3 is 25.1 Å². The number of benzene rings is 1. The minimum absolute atomic E-state index is 0.0144. The van der Waals surface area contributed by atoms with E-state index < -0.39 is 6.10 Å². The Morgan fingerprint density at radius 1 is 1.25 bits per heavy atom. The molecule has 1 aromatic carbocycles. The van der Waals surface area contributed by atoms with Crippen molar-refractivity contribution in [3.05, 3.63) is 40.7 Å². The van der Waals surface area contributed by atoms with Gasteiger partial charge in [-0.25, -0.2) is 14.4 Å². The standard InChI is InChI=1S/C26H28FN9O2S2/c1-3-19-23(33(2)24-31-22(20(10-28)39-24)15-4-6-16(27)7-5-15)36-25(30-19)40-26(32-36)34-9-8-17(12-34)29-11-21(38)35-13-18(37)14-35/h4-7,17-18,29,37H,3,8-9,11-14H2,1-2H3. The molecule has 2 fully saturated rings. The number of anilines is 3. The topological polar surface area (TPSA) is 126 Å². The number of imidazole rings is 1. The first-order valence-electron chi connectivity index (χ1n) is 13.1. The maximum absolute atomic E-state index is 13.5. The van der Waals surface area contributed by atoms with Gasteiger partial charge in [0.05, 0.1) is 18.3 Å². The van der Waals surface area contributed by atoms with E-state index in [4.69, 9.17) is 15.1 Å². The zero-order valence-corrected chi connectivity index (χ0v) is 23.7. The summed E-state index contributed by atoms with van der Waals surface area (Å²) in [6.45, 7) is 4.68. The molecule has 3 aromatic heterocycles. The van der Waals surface area contributed by atoms with E-state index in [1.54, 1.807) is 17.0 Å². The minimum Gasteiger partial charge on any atom is -0.389 e. The fourth-order valence-electron chi connectivity index (χ4n) is 5.00. The highest BCUT2D eigenvalue weighted by Crippen LogP contribution is 2.38. The number of aliphatic hydroxyl groups is 1. The monoisotopic (exact) mass is 581 g/mol. The second-order valence-corrected chi connectivity index (χ2v) is 11.8. The summed E-state index contributed by atoms with van der Waals surface area (Å²) in [6.07, 6.45) is 1.20. The summed E-state index contributed by atoms with van der Waals surface area (Å²) in [7, 11) is 1.89. The van der Waals surface area contributed by atoms with Gasteiger partial charge in [0.1, 0.15) is 22.5 Å². The highest BCUT2D eigenvalue weighted by Gasteiger charge is 2.31. The lowest BCUT2D eigenvalue weighted by Crippen LogP contribution is -2.56. The molecule has 2 aliphatic heterocycles. The van der Waals surface area contributed by atoms with Crippen LogP contribution in [0, 0.1) is 17.1 Å². The molecule has 0 aliphatic carbocycles. The smallest absolute Gasteiger partial charge is 0.236 e. The molecule has 1 amide bonds. The first kappa shape index (κ1) is 26.6. The fraction of sp³-hybridized carbons (Fsp3) is 0.423. The highest BCUT2D eigenvalue weighted by molar-refractivity contribution is 7.20. The largest absolute Gasteiger partial charge is 0.389 e. The van der Waals surface area contributed by atoms with E-state index >= 15 is 0 Å². The summed E-state index contributed by atoms with van der Waals surface area (Å²) >= 11 is 2.79. The number of hydrogen-bond acceptors (Lipinski definition) is 11. The number of aromatic nitrogens is 4. The molecule has 40 heavy (non-hydrogen) atoms.